The Labute approximate surface area is 94.1 Å². The molecule has 1 fully saturated rings. The summed E-state index contributed by atoms with van der Waals surface area (Å²) >= 11 is 0. The van der Waals surface area contributed by atoms with E-state index in [0.29, 0.717) is 13.1 Å². The molecule has 0 N–H and O–H groups in total. The minimum Gasteiger partial charge on any atom is -0.462 e. The van der Waals surface area contributed by atoms with E-state index in [9.17, 15) is 14.4 Å². The Morgan fingerprint density at radius 2 is 1.94 bits per heavy atom. The minimum atomic E-state index is -0.644. The van der Waals surface area contributed by atoms with Crippen LogP contribution in [0.15, 0.2) is 0 Å². The lowest BCUT2D eigenvalue weighted by Crippen LogP contribution is -2.54. The number of carbonyl (C=O) groups is 3. The second-order valence-electron chi connectivity index (χ2n) is 3.99. The lowest BCUT2D eigenvalue weighted by atomic mass is 10.3. The number of hydrogen-bond donors (Lipinski definition) is 0. The Hall–Kier alpha value is -1.59. The average molecular weight is 228 g/mol. The molecule has 0 aromatic carbocycles. The molecule has 0 atom stereocenters. The van der Waals surface area contributed by atoms with Crippen molar-refractivity contribution in [3.8, 4) is 0 Å². The molecule has 0 bridgehead atoms. The molecule has 0 radical (unpaired) electrons. The second-order valence-corrected chi connectivity index (χ2v) is 3.99. The Morgan fingerprint density at radius 3 is 2.50 bits per heavy atom. The van der Waals surface area contributed by atoms with Gasteiger partial charge in [-0.25, -0.2) is 0 Å². The fraction of sp³-hybridized carbons (Fsp3) is 0.700. The van der Waals surface area contributed by atoms with Gasteiger partial charge in [0.2, 0.25) is 0 Å². The summed E-state index contributed by atoms with van der Waals surface area (Å²) in [5, 5.41) is 0. The molecule has 6 nitrogen and oxygen atoms in total. The molecule has 2 amide bonds. The third-order valence-electron chi connectivity index (χ3n) is 2.21. The summed E-state index contributed by atoms with van der Waals surface area (Å²) in [5.41, 5.74) is 0. The number of piperazine rings is 1. The first-order valence-corrected chi connectivity index (χ1v) is 5.15. The van der Waals surface area contributed by atoms with Gasteiger partial charge in [0.05, 0.1) is 6.10 Å². The predicted octanol–water partition coefficient (Wildman–Crippen LogP) is -0.761. The van der Waals surface area contributed by atoms with Crippen molar-refractivity contribution >= 4 is 17.8 Å². The monoisotopic (exact) mass is 228 g/mol. The SMILES string of the molecule is CC(C)OC(=O)CN1CCN(C)C(=O)C1=O. The van der Waals surface area contributed by atoms with Gasteiger partial charge in [-0.15, -0.1) is 0 Å². The molecule has 6 heteroatoms. The molecule has 1 rings (SSSR count). The van der Waals surface area contributed by atoms with Crippen LogP contribution in [0.1, 0.15) is 13.8 Å². The smallest absolute Gasteiger partial charge is 0.325 e. The molecule has 16 heavy (non-hydrogen) atoms. The van der Waals surface area contributed by atoms with E-state index < -0.39 is 17.8 Å². The van der Waals surface area contributed by atoms with E-state index in [-0.39, 0.29) is 12.6 Å². The fourth-order valence-corrected chi connectivity index (χ4v) is 1.38. The van der Waals surface area contributed by atoms with E-state index in [1.54, 1.807) is 20.9 Å². The van der Waals surface area contributed by atoms with Crippen molar-refractivity contribution in [3.05, 3.63) is 0 Å². The quantitative estimate of drug-likeness (QED) is 0.470. The van der Waals surface area contributed by atoms with Crippen LogP contribution >= 0.6 is 0 Å². The first-order valence-electron chi connectivity index (χ1n) is 5.15. The van der Waals surface area contributed by atoms with E-state index in [1.807, 2.05) is 0 Å². The van der Waals surface area contributed by atoms with Crippen LogP contribution in [-0.2, 0) is 19.1 Å². The van der Waals surface area contributed by atoms with Crippen LogP contribution in [0, 0.1) is 0 Å². The lowest BCUT2D eigenvalue weighted by molar-refractivity contribution is -0.160. The van der Waals surface area contributed by atoms with Gasteiger partial charge >= 0.3 is 17.8 Å². The molecule has 0 unspecified atom stereocenters. The first kappa shape index (κ1) is 12.5. The molecule has 1 aliphatic rings. The Bertz CT molecular complexity index is 314. The second kappa shape index (κ2) is 4.96. The molecule has 1 heterocycles. The summed E-state index contributed by atoms with van der Waals surface area (Å²) in [6.07, 6.45) is -0.217. The highest BCUT2D eigenvalue weighted by molar-refractivity contribution is 6.35. The van der Waals surface area contributed by atoms with E-state index in [1.165, 1.54) is 9.80 Å². The molecular weight excluding hydrogens is 212 g/mol. The molecule has 0 saturated carbocycles. The number of carbonyl (C=O) groups excluding carboxylic acids is 3. The van der Waals surface area contributed by atoms with Gasteiger partial charge in [0.15, 0.2) is 0 Å². The topological polar surface area (TPSA) is 66.9 Å². The third-order valence-corrected chi connectivity index (χ3v) is 2.21. The molecule has 90 valence electrons. The lowest BCUT2D eigenvalue weighted by Gasteiger charge is -2.30. The predicted molar refractivity (Wildman–Crippen MR) is 55.4 cm³/mol. The number of ether oxygens (including phenoxy) is 1. The number of esters is 1. The van der Waals surface area contributed by atoms with Crippen molar-refractivity contribution in [2.45, 2.75) is 20.0 Å². The van der Waals surface area contributed by atoms with Crippen molar-refractivity contribution in [1.82, 2.24) is 9.80 Å². The fourth-order valence-electron chi connectivity index (χ4n) is 1.38. The highest BCUT2D eigenvalue weighted by Gasteiger charge is 2.31. The van der Waals surface area contributed by atoms with E-state index in [2.05, 4.69) is 0 Å². The highest BCUT2D eigenvalue weighted by Crippen LogP contribution is 2.03. The van der Waals surface area contributed by atoms with Gasteiger partial charge < -0.3 is 14.5 Å². The van der Waals surface area contributed by atoms with Gasteiger partial charge in [0.25, 0.3) is 0 Å². The molecule has 0 aromatic heterocycles. The van der Waals surface area contributed by atoms with Gasteiger partial charge in [0, 0.05) is 20.1 Å². The Morgan fingerprint density at radius 1 is 1.31 bits per heavy atom. The van der Waals surface area contributed by atoms with Crippen LogP contribution in [0.25, 0.3) is 0 Å². The molecule has 1 aliphatic heterocycles. The normalized spacial score (nSPS) is 17.0. The van der Waals surface area contributed by atoms with Gasteiger partial charge in [-0.2, -0.15) is 0 Å². The third kappa shape index (κ3) is 2.95. The Balaban J connectivity index is 2.52. The zero-order chi connectivity index (χ0) is 12.3. The summed E-state index contributed by atoms with van der Waals surface area (Å²) in [5.74, 6) is -1.71. The van der Waals surface area contributed by atoms with Crippen LogP contribution in [0.2, 0.25) is 0 Å². The first-order chi connectivity index (χ1) is 7.41. The Kier molecular flexibility index (Phi) is 3.87. The minimum absolute atomic E-state index is 0.156. The molecule has 0 aromatic rings. The van der Waals surface area contributed by atoms with Crippen molar-refractivity contribution < 1.29 is 19.1 Å². The van der Waals surface area contributed by atoms with Gasteiger partial charge in [-0.1, -0.05) is 0 Å². The number of likely N-dealkylation sites (N-methyl/N-ethyl adjacent to an activating group) is 1. The zero-order valence-corrected chi connectivity index (χ0v) is 9.73. The molecule has 0 spiro atoms. The maximum absolute atomic E-state index is 11.5. The standard InChI is InChI=1S/C10H16N2O4/c1-7(2)16-8(13)6-12-5-4-11(3)9(14)10(12)15/h7H,4-6H2,1-3H3. The molecule has 1 saturated heterocycles. The van der Waals surface area contributed by atoms with Gasteiger partial charge in [-0.05, 0) is 13.8 Å². The molecule has 0 aliphatic carbocycles. The van der Waals surface area contributed by atoms with Crippen LogP contribution in [-0.4, -0.2) is 60.4 Å². The van der Waals surface area contributed by atoms with Gasteiger partial charge in [-0.3, -0.25) is 14.4 Å². The summed E-state index contributed by atoms with van der Waals surface area (Å²) in [4.78, 5) is 36.7. The summed E-state index contributed by atoms with van der Waals surface area (Å²) < 4.78 is 4.91. The highest BCUT2D eigenvalue weighted by atomic mass is 16.5. The van der Waals surface area contributed by atoms with Crippen molar-refractivity contribution in [1.29, 1.82) is 0 Å². The van der Waals surface area contributed by atoms with Crippen LogP contribution < -0.4 is 0 Å². The zero-order valence-electron chi connectivity index (χ0n) is 9.73. The van der Waals surface area contributed by atoms with Crippen molar-refractivity contribution in [2.75, 3.05) is 26.7 Å². The van der Waals surface area contributed by atoms with Gasteiger partial charge in [0.1, 0.15) is 6.54 Å². The number of amides is 2. The van der Waals surface area contributed by atoms with E-state index >= 15 is 0 Å². The maximum atomic E-state index is 11.5. The van der Waals surface area contributed by atoms with Crippen LogP contribution in [0.4, 0.5) is 0 Å². The van der Waals surface area contributed by atoms with Crippen molar-refractivity contribution in [3.63, 3.8) is 0 Å². The summed E-state index contributed by atoms with van der Waals surface area (Å²) in [6, 6.07) is 0. The van der Waals surface area contributed by atoms with Crippen LogP contribution in [0.3, 0.4) is 0 Å². The number of rotatable bonds is 3. The summed E-state index contributed by atoms with van der Waals surface area (Å²) in [7, 11) is 1.56. The largest absolute Gasteiger partial charge is 0.462 e. The summed E-state index contributed by atoms with van der Waals surface area (Å²) in [6.45, 7) is 4.12. The maximum Gasteiger partial charge on any atom is 0.325 e. The molecular formula is C10H16N2O4. The van der Waals surface area contributed by atoms with Crippen molar-refractivity contribution in [2.24, 2.45) is 0 Å². The number of hydrogen-bond acceptors (Lipinski definition) is 4. The number of nitrogens with zero attached hydrogens (tertiary/aromatic N) is 2. The average Bonchev–Trinajstić information content (AvgIpc) is 2.18. The van der Waals surface area contributed by atoms with E-state index in [0.717, 1.165) is 0 Å². The van der Waals surface area contributed by atoms with E-state index in [4.69, 9.17) is 4.74 Å². The van der Waals surface area contributed by atoms with Crippen LogP contribution in [0.5, 0.6) is 0 Å².